The number of ether oxygens (including phenoxy) is 1. The largest absolute Gasteiger partial charge is 0.494 e. The normalized spacial score (nSPS) is 10.4. The lowest BCUT2D eigenvalue weighted by molar-refractivity contribution is 0.0691. The van der Waals surface area contributed by atoms with Crippen LogP contribution >= 0.6 is 11.3 Å². The summed E-state index contributed by atoms with van der Waals surface area (Å²) in [5.74, 6) is -0.164. The van der Waals surface area contributed by atoms with Crippen molar-refractivity contribution in [1.29, 1.82) is 0 Å². The summed E-state index contributed by atoms with van der Waals surface area (Å²) in [6, 6.07) is 7.59. The Labute approximate surface area is 122 Å². The van der Waals surface area contributed by atoms with E-state index in [4.69, 9.17) is 9.84 Å². The number of rotatable bonds is 7. The van der Waals surface area contributed by atoms with Gasteiger partial charge >= 0.3 is 5.97 Å². The van der Waals surface area contributed by atoms with Crippen molar-refractivity contribution in [3.63, 3.8) is 0 Å². The maximum Gasteiger partial charge on any atom is 0.355 e. The SMILES string of the molecule is CCCCCOc1ccc(-c2nc(C(=O)O)cs2)cc1. The summed E-state index contributed by atoms with van der Waals surface area (Å²) >= 11 is 1.33. The number of unbranched alkanes of at least 4 members (excludes halogenated alkanes) is 2. The molecule has 0 unspecified atom stereocenters. The van der Waals surface area contributed by atoms with E-state index in [1.165, 1.54) is 24.2 Å². The number of thiazole rings is 1. The predicted octanol–water partition coefficient (Wildman–Crippen LogP) is 4.08. The second-order valence-corrected chi connectivity index (χ2v) is 5.28. The van der Waals surface area contributed by atoms with E-state index in [2.05, 4.69) is 11.9 Å². The second-order valence-electron chi connectivity index (χ2n) is 4.42. The van der Waals surface area contributed by atoms with Crippen LogP contribution in [-0.4, -0.2) is 22.7 Å². The Bertz CT molecular complexity index is 563. The Kier molecular flexibility index (Phi) is 5.12. The number of carbonyl (C=O) groups is 1. The van der Waals surface area contributed by atoms with Crippen LogP contribution in [0.5, 0.6) is 5.75 Å². The van der Waals surface area contributed by atoms with Gasteiger partial charge in [-0.2, -0.15) is 0 Å². The minimum Gasteiger partial charge on any atom is -0.494 e. The van der Waals surface area contributed by atoms with E-state index in [0.717, 1.165) is 24.3 Å². The van der Waals surface area contributed by atoms with Crippen molar-refractivity contribution in [2.75, 3.05) is 6.61 Å². The molecule has 0 aliphatic carbocycles. The van der Waals surface area contributed by atoms with E-state index >= 15 is 0 Å². The quantitative estimate of drug-likeness (QED) is 0.781. The number of aromatic nitrogens is 1. The average Bonchev–Trinajstić information content (AvgIpc) is 2.94. The molecule has 0 spiro atoms. The molecule has 0 fully saturated rings. The van der Waals surface area contributed by atoms with Gasteiger partial charge in [-0.3, -0.25) is 0 Å². The third-order valence-corrected chi connectivity index (χ3v) is 3.73. The van der Waals surface area contributed by atoms with Gasteiger partial charge in [0.2, 0.25) is 0 Å². The van der Waals surface area contributed by atoms with Gasteiger partial charge < -0.3 is 9.84 Å². The summed E-state index contributed by atoms with van der Waals surface area (Å²) in [7, 11) is 0. The number of hydrogen-bond acceptors (Lipinski definition) is 4. The molecule has 0 atom stereocenters. The van der Waals surface area contributed by atoms with Crippen molar-refractivity contribution in [3.05, 3.63) is 35.3 Å². The number of carboxylic acid groups (broad SMARTS) is 1. The molecular weight excluding hydrogens is 274 g/mol. The van der Waals surface area contributed by atoms with E-state index < -0.39 is 5.97 Å². The topological polar surface area (TPSA) is 59.4 Å². The lowest BCUT2D eigenvalue weighted by Crippen LogP contribution is -1.97. The van der Waals surface area contributed by atoms with Gasteiger partial charge in [0.05, 0.1) is 6.61 Å². The van der Waals surface area contributed by atoms with Gasteiger partial charge in [0.15, 0.2) is 5.69 Å². The van der Waals surface area contributed by atoms with E-state index in [1.807, 2.05) is 24.3 Å². The van der Waals surface area contributed by atoms with E-state index in [0.29, 0.717) is 5.01 Å². The highest BCUT2D eigenvalue weighted by molar-refractivity contribution is 7.13. The molecule has 2 rings (SSSR count). The Balaban J connectivity index is 1.98. The molecule has 106 valence electrons. The summed E-state index contributed by atoms with van der Waals surface area (Å²) in [6.07, 6.45) is 3.42. The summed E-state index contributed by atoms with van der Waals surface area (Å²) < 4.78 is 5.63. The fourth-order valence-corrected chi connectivity index (χ4v) is 2.54. The van der Waals surface area contributed by atoms with Crippen LogP contribution in [0.4, 0.5) is 0 Å². The molecule has 4 nitrogen and oxygen atoms in total. The maximum atomic E-state index is 10.8. The van der Waals surface area contributed by atoms with Crippen LogP contribution in [0.3, 0.4) is 0 Å². The Morgan fingerprint density at radius 3 is 2.65 bits per heavy atom. The molecule has 0 bridgehead atoms. The summed E-state index contributed by atoms with van der Waals surface area (Å²) in [4.78, 5) is 14.9. The van der Waals surface area contributed by atoms with Gasteiger partial charge in [0.25, 0.3) is 0 Å². The number of benzene rings is 1. The summed E-state index contributed by atoms with van der Waals surface area (Å²) in [5.41, 5.74) is 0.994. The highest BCUT2D eigenvalue weighted by Gasteiger charge is 2.09. The van der Waals surface area contributed by atoms with Crippen molar-refractivity contribution >= 4 is 17.3 Å². The standard InChI is InChI=1S/C15H17NO3S/c1-2-3-4-9-19-12-7-5-11(6-8-12)14-16-13(10-20-14)15(17)18/h5-8,10H,2-4,9H2,1H3,(H,17,18). The first kappa shape index (κ1) is 14.5. The summed E-state index contributed by atoms with van der Waals surface area (Å²) in [6.45, 7) is 2.89. The highest BCUT2D eigenvalue weighted by atomic mass is 32.1. The molecule has 0 aliphatic rings. The minimum absolute atomic E-state index is 0.0879. The molecule has 0 amide bonds. The summed E-state index contributed by atoms with van der Waals surface area (Å²) in [5, 5.41) is 11.1. The van der Waals surface area contributed by atoms with Gasteiger partial charge in [-0.25, -0.2) is 9.78 Å². The van der Waals surface area contributed by atoms with Crippen LogP contribution in [0, 0.1) is 0 Å². The number of carboxylic acids is 1. The molecule has 2 aromatic rings. The molecule has 0 saturated heterocycles. The molecule has 5 heteroatoms. The molecule has 20 heavy (non-hydrogen) atoms. The Morgan fingerprint density at radius 1 is 1.30 bits per heavy atom. The fourth-order valence-electron chi connectivity index (χ4n) is 1.74. The van der Waals surface area contributed by atoms with Gasteiger partial charge in [-0.15, -0.1) is 11.3 Å². The first-order valence-electron chi connectivity index (χ1n) is 6.62. The van der Waals surface area contributed by atoms with Crippen molar-refractivity contribution in [2.45, 2.75) is 26.2 Å². The molecule has 1 aromatic heterocycles. The fraction of sp³-hybridized carbons (Fsp3) is 0.333. The Hall–Kier alpha value is -1.88. The minimum atomic E-state index is -0.997. The number of aromatic carboxylic acids is 1. The van der Waals surface area contributed by atoms with Crippen LogP contribution in [0.1, 0.15) is 36.7 Å². The van der Waals surface area contributed by atoms with Crippen LogP contribution in [0.15, 0.2) is 29.6 Å². The number of hydrogen-bond donors (Lipinski definition) is 1. The highest BCUT2D eigenvalue weighted by Crippen LogP contribution is 2.25. The molecule has 1 heterocycles. The maximum absolute atomic E-state index is 10.8. The molecule has 0 saturated carbocycles. The smallest absolute Gasteiger partial charge is 0.355 e. The zero-order chi connectivity index (χ0) is 14.4. The molecule has 1 aromatic carbocycles. The predicted molar refractivity (Wildman–Crippen MR) is 79.5 cm³/mol. The van der Waals surface area contributed by atoms with Gasteiger partial charge in [0, 0.05) is 10.9 Å². The van der Waals surface area contributed by atoms with E-state index in [9.17, 15) is 4.79 Å². The van der Waals surface area contributed by atoms with Crippen LogP contribution < -0.4 is 4.74 Å². The zero-order valence-electron chi connectivity index (χ0n) is 11.3. The molecule has 0 radical (unpaired) electrons. The lowest BCUT2D eigenvalue weighted by Gasteiger charge is -2.05. The van der Waals surface area contributed by atoms with Crippen molar-refractivity contribution in [1.82, 2.24) is 4.98 Å². The molecule has 1 N–H and O–H groups in total. The second kappa shape index (κ2) is 7.05. The monoisotopic (exact) mass is 291 g/mol. The van der Waals surface area contributed by atoms with Crippen LogP contribution in [-0.2, 0) is 0 Å². The van der Waals surface area contributed by atoms with Gasteiger partial charge in [0.1, 0.15) is 10.8 Å². The van der Waals surface area contributed by atoms with Gasteiger partial charge in [-0.05, 0) is 30.7 Å². The average molecular weight is 291 g/mol. The third kappa shape index (κ3) is 3.81. The molecule has 0 aliphatic heterocycles. The zero-order valence-corrected chi connectivity index (χ0v) is 12.2. The third-order valence-electron chi connectivity index (χ3n) is 2.84. The van der Waals surface area contributed by atoms with Crippen molar-refractivity contribution in [3.8, 4) is 16.3 Å². The Morgan fingerprint density at radius 2 is 2.05 bits per heavy atom. The van der Waals surface area contributed by atoms with Gasteiger partial charge in [-0.1, -0.05) is 19.8 Å². The van der Waals surface area contributed by atoms with Crippen LogP contribution in [0.2, 0.25) is 0 Å². The van der Waals surface area contributed by atoms with Crippen molar-refractivity contribution < 1.29 is 14.6 Å². The van der Waals surface area contributed by atoms with Crippen molar-refractivity contribution in [2.24, 2.45) is 0 Å². The first-order chi connectivity index (χ1) is 9.70. The van der Waals surface area contributed by atoms with E-state index in [-0.39, 0.29) is 5.69 Å². The lowest BCUT2D eigenvalue weighted by atomic mass is 10.2. The molecular formula is C15H17NO3S. The number of nitrogens with zero attached hydrogens (tertiary/aromatic N) is 1. The first-order valence-corrected chi connectivity index (χ1v) is 7.50. The van der Waals surface area contributed by atoms with Crippen LogP contribution in [0.25, 0.3) is 10.6 Å². The van der Waals surface area contributed by atoms with E-state index in [1.54, 1.807) is 5.38 Å².